The lowest BCUT2D eigenvalue weighted by molar-refractivity contribution is -0.116. The number of halogens is 2. The average molecular weight is 351 g/mol. The molecule has 0 aliphatic rings. The molecular weight excluding hydrogens is 335 g/mol. The van der Waals surface area contributed by atoms with Crippen molar-refractivity contribution in [3.63, 3.8) is 0 Å². The third kappa shape index (κ3) is 4.29. The van der Waals surface area contributed by atoms with E-state index in [0.29, 0.717) is 11.3 Å². The zero-order valence-corrected chi connectivity index (χ0v) is 13.4. The first-order valence-electron chi connectivity index (χ1n) is 6.55. The topological polar surface area (TPSA) is 41.1 Å². The summed E-state index contributed by atoms with van der Waals surface area (Å²) in [5, 5.41) is 5.78. The molecule has 0 spiro atoms. The minimum Gasteiger partial charge on any atom is -0.374 e. The van der Waals surface area contributed by atoms with E-state index in [0.717, 1.165) is 10.2 Å². The van der Waals surface area contributed by atoms with Gasteiger partial charge >= 0.3 is 0 Å². The van der Waals surface area contributed by atoms with E-state index in [1.807, 2.05) is 24.3 Å². The molecule has 5 heteroatoms. The summed E-state index contributed by atoms with van der Waals surface area (Å²) in [5.74, 6) is -0.553. The van der Waals surface area contributed by atoms with Crippen LogP contribution in [0.5, 0.6) is 0 Å². The summed E-state index contributed by atoms with van der Waals surface area (Å²) >= 11 is 3.35. The summed E-state index contributed by atoms with van der Waals surface area (Å²) in [5.41, 5.74) is 1.84. The standard InChI is InChI=1S/C16H16BrFN2O/c1-10-3-6-14(9-15(10)18)20-16(21)11(2)19-13-7-4-12(17)5-8-13/h3-9,11,19H,1-2H3,(H,20,21). The number of nitrogens with one attached hydrogen (secondary N) is 2. The molecule has 0 radical (unpaired) electrons. The largest absolute Gasteiger partial charge is 0.374 e. The molecule has 2 N–H and O–H groups in total. The lowest BCUT2D eigenvalue weighted by Gasteiger charge is -2.15. The monoisotopic (exact) mass is 350 g/mol. The van der Waals surface area contributed by atoms with Crippen molar-refractivity contribution in [2.75, 3.05) is 10.6 Å². The number of hydrogen-bond donors (Lipinski definition) is 2. The maximum Gasteiger partial charge on any atom is 0.246 e. The highest BCUT2D eigenvalue weighted by Crippen LogP contribution is 2.16. The molecule has 110 valence electrons. The van der Waals surface area contributed by atoms with E-state index in [1.165, 1.54) is 6.07 Å². The molecule has 0 heterocycles. The highest BCUT2D eigenvalue weighted by atomic mass is 79.9. The van der Waals surface area contributed by atoms with Crippen molar-refractivity contribution < 1.29 is 9.18 Å². The Morgan fingerprint density at radius 1 is 1.14 bits per heavy atom. The van der Waals surface area contributed by atoms with Gasteiger partial charge in [0.1, 0.15) is 11.9 Å². The number of hydrogen-bond acceptors (Lipinski definition) is 2. The van der Waals surface area contributed by atoms with Crippen LogP contribution < -0.4 is 10.6 Å². The third-order valence-electron chi connectivity index (χ3n) is 3.06. The van der Waals surface area contributed by atoms with E-state index >= 15 is 0 Å². The average Bonchev–Trinajstić information content (AvgIpc) is 2.45. The molecule has 3 nitrogen and oxygen atoms in total. The van der Waals surface area contributed by atoms with Crippen LogP contribution in [0.2, 0.25) is 0 Å². The summed E-state index contributed by atoms with van der Waals surface area (Å²) < 4.78 is 14.4. The molecule has 1 amide bonds. The minimum absolute atomic E-state index is 0.221. The molecule has 0 saturated heterocycles. The number of amides is 1. The molecule has 0 aliphatic carbocycles. The minimum atomic E-state index is -0.435. The molecule has 1 atom stereocenters. The summed E-state index contributed by atoms with van der Waals surface area (Å²) in [6.45, 7) is 3.43. The van der Waals surface area contributed by atoms with E-state index in [1.54, 1.807) is 26.0 Å². The van der Waals surface area contributed by atoms with Crippen molar-refractivity contribution in [3.05, 3.63) is 58.3 Å². The predicted molar refractivity (Wildman–Crippen MR) is 87.0 cm³/mol. The highest BCUT2D eigenvalue weighted by molar-refractivity contribution is 9.10. The summed E-state index contributed by atoms with van der Waals surface area (Å²) in [7, 11) is 0. The van der Waals surface area contributed by atoms with Gasteiger partial charge in [0.15, 0.2) is 0 Å². The quantitative estimate of drug-likeness (QED) is 0.861. The second-order valence-electron chi connectivity index (χ2n) is 4.83. The Bertz CT molecular complexity index is 643. The van der Waals surface area contributed by atoms with Crippen LogP contribution in [-0.2, 0) is 4.79 Å². The van der Waals surface area contributed by atoms with Crippen molar-refractivity contribution in [2.45, 2.75) is 19.9 Å². The fraction of sp³-hybridized carbons (Fsp3) is 0.188. The molecule has 0 bridgehead atoms. The number of anilines is 2. The first-order valence-corrected chi connectivity index (χ1v) is 7.34. The van der Waals surface area contributed by atoms with Crippen molar-refractivity contribution in [3.8, 4) is 0 Å². The number of benzene rings is 2. The summed E-state index contributed by atoms with van der Waals surface area (Å²) in [6, 6.07) is 11.7. The summed E-state index contributed by atoms with van der Waals surface area (Å²) in [4.78, 5) is 12.1. The van der Waals surface area contributed by atoms with Crippen LogP contribution in [0.4, 0.5) is 15.8 Å². The van der Waals surface area contributed by atoms with Gasteiger partial charge in [0.25, 0.3) is 0 Å². The number of aryl methyl sites for hydroxylation is 1. The van der Waals surface area contributed by atoms with E-state index in [2.05, 4.69) is 26.6 Å². The van der Waals surface area contributed by atoms with Crippen LogP contribution in [0.3, 0.4) is 0 Å². The van der Waals surface area contributed by atoms with Gasteiger partial charge in [0.05, 0.1) is 0 Å². The van der Waals surface area contributed by atoms with E-state index < -0.39 is 6.04 Å². The molecule has 2 aromatic rings. The van der Waals surface area contributed by atoms with Gasteiger partial charge in [-0.2, -0.15) is 0 Å². The second kappa shape index (κ2) is 6.72. The van der Waals surface area contributed by atoms with Crippen molar-refractivity contribution in [2.24, 2.45) is 0 Å². The van der Waals surface area contributed by atoms with Gasteiger partial charge in [-0.15, -0.1) is 0 Å². The smallest absolute Gasteiger partial charge is 0.246 e. The van der Waals surface area contributed by atoms with E-state index in [4.69, 9.17) is 0 Å². The van der Waals surface area contributed by atoms with Gasteiger partial charge in [-0.25, -0.2) is 4.39 Å². The van der Waals surface area contributed by atoms with Gasteiger partial charge in [0.2, 0.25) is 5.91 Å². The van der Waals surface area contributed by atoms with Crippen LogP contribution in [-0.4, -0.2) is 11.9 Å². The maximum atomic E-state index is 13.4. The first kappa shape index (κ1) is 15.5. The number of carbonyl (C=O) groups excluding carboxylic acids is 1. The van der Waals surface area contributed by atoms with E-state index in [-0.39, 0.29) is 11.7 Å². The predicted octanol–water partition coefficient (Wildman–Crippen LogP) is 4.34. The Morgan fingerprint density at radius 3 is 2.38 bits per heavy atom. The molecular formula is C16H16BrFN2O. The second-order valence-corrected chi connectivity index (χ2v) is 5.74. The lowest BCUT2D eigenvalue weighted by Crippen LogP contribution is -2.31. The molecule has 0 saturated carbocycles. The lowest BCUT2D eigenvalue weighted by atomic mass is 10.2. The molecule has 2 aromatic carbocycles. The number of carbonyl (C=O) groups is 1. The van der Waals surface area contributed by atoms with Crippen LogP contribution in [0.15, 0.2) is 46.9 Å². The Balaban J connectivity index is 1.98. The van der Waals surface area contributed by atoms with Gasteiger partial charge in [-0.1, -0.05) is 22.0 Å². The fourth-order valence-electron chi connectivity index (χ4n) is 1.78. The Kier molecular flexibility index (Phi) is 4.96. The van der Waals surface area contributed by atoms with Gasteiger partial charge < -0.3 is 10.6 Å². The normalized spacial score (nSPS) is 11.8. The van der Waals surface area contributed by atoms with Crippen molar-refractivity contribution >= 4 is 33.2 Å². The molecule has 2 rings (SSSR count). The van der Waals surface area contributed by atoms with Gasteiger partial charge in [-0.3, -0.25) is 4.79 Å². The zero-order valence-electron chi connectivity index (χ0n) is 11.8. The Labute approximate surface area is 131 Å². The van der Waals surface area contributed by atoms with Crippen LogP contribution in [0, 0.1) is 12.7 Å². The molecule has 0 aromatic heterocycles. The highest BCUT2D eigenvalue weighted by Gasteiger charge is 2.13. The molecule has 0 aliphatic heterocycles. The van der Waals surface area contributed by atoms with Crippen molar-refractivity contribution in [1.82, 2.24) is 0 Å². The summed E-state index contributed by atoms with van der Waals surface area (Å²) in [6.07, 6.45) is 0. The molecule has 0 fully saturated rings. The van der Waals surface area contributed by atoms with Crippen LogP contribution in [0.1, 0.15) is 12.5 Å². The third-order valence-corrected chi connectivity index (χ3v) is 3.59. The van der Waals surface area contributed by atoms with E-state index in [9.17, 15) is 9.18 Å². The van der Waals surface area contributed by atoms with Crippen LogP contribution in [0.25, 0.3) is 0 Å². The van der Waals surface area contributed by atoms with Crippen molar-refractivity contribution in [1.29, 1.82) is 0 Å². The van der Waals surface area contributed by atoms with Gasteiger partial charge in [0, 0.05) is 15.8 Å². The Hall–Kier alpha value is -1.88. The SMILES string of the molecule is Cc1ccc(NC(=O)C(C)Nc2ccc(Br)cc2)cc1F. The zero-order chi connectivity index (χ0) is 15.4. The fourth-order valence-corrected chi connectivity index (χ4v) is 2.05. The maximum absolute atomic E-state index is 13.4. The number of rotatable bonds is 4. The van der Waals surface area contributed by atoms with Crippen LogP contribution >= 0.6 is 15.9 Å². The molecule has 1 unspecified atom stereocenters. The Morgan fingerprint density at radius 2 is 1.76 bits per heavy atom. The first-order chi connectivity index (χ1) is 9.95. The molecule has 21 heavy (non-hydrogen) atoms. The van der Waals surface area contributed by atoms with Gasteiger partial charge in [-0.05, 0) is 55.8 Å².